The molecule has 164 valence electrons. The van der Waals surface area contributed by atoms with E-state index >= 15 is 0 Å². The van der Waals surface area contributed by atoms with E-state index in [0.717, 1.165) is 12.8 Å². The lowest BCUT2D eigenvalue weighted by atomic mass is 10.1. The molecule has 1 saturated carbocycles. The smallest absolute Gasteiger partial charge is 0.229 e. The van der Waals surface area contributed by atoms with Crippen molar-refractivity contribution in [1.29, 1.82) is 0 Å². The molecule has 0 unspecified atom stereocenters. The van der Waals surface area contributed by atoms with Crippen LogP contribution >= 0.6 is 0 Å². The van der Waals surface area contributed by atoms with E-state index in [0.29, 0.717) is 29.4 Å². The number of nitrogens with one attached hydrogen (secondary N) is 1. The molecule has 1 aliphatic carbocycles. The fourth-order valence-electron chi connectivity index (χ4n) is 3.41. The summed E-state index contributed by atoms with van der Waals surface area (Å²) in [5, 5.41) is 2.65. The Bertz CT molecular complexity index is 1150. The number of anilines is 2. The lowest BCUT2D eigenvalue weighted by Crippen LogP contribution is -2.31. The van der Waals surface area contributed by atoms with Gasteiger partial charge in [0.25, 0.3) is 0 Å². The standard InChI is InChI=1S/C24H22F2N4O2/c1-15(31)30(14-16-4-5-16)22-9-6-17(11-20(22)25)21-8-7-19(13-28-21)29-23(32)12-18-3-2-10-27-24(18)26/h2-3,6-11,13,16H,4-5,12,14H2,1H3,(H,29,32). The third-order valence-corrected chi connectivity index (χ3v) is 5.29. The van der Waals surface area contributed by atoms with Crippen molar-refractivity contribution in [3.05, 3.63) is 72.2 Å². The molecule has 0 aliphatic heterocycles. The number of pyridine rings is 2. The highest BCUT2D eigenvalue weighted by molar-refractivity contribution is 5.93. The third-order valence-electron chi connectivity index (χ3n) is 5.29. The van der Waals surface area contributed by atoms with Gasteiger partial charge in [-0.05, 0) is 49.1 Å². The van der Waals surface area contributed by atoms with Crippen molar-refractivity contribution in [2.75, 3.05) is 16.8 Å². The second-order valence-corrected chi connectivity index (χ2v) is 7.85. The van der Waals surface area contributed by atoms with Crippen molar-refractivity contribution in [2.24, 2.45) is 5.92 Å². The average molecular weight is 436 g/mol. The predicted octanol–water partition coefficient (Wildman–Crippen LogP) is 4.37. The monoisotopic (exact) mass is 436 g/mol. The van der Waals surface area contributed by atoms with Crippen molar-refractivity contribution >= 4 is 23.2 Å². The summed E-state index contributed by atoms with van der Waals surface area (Å²) in [4.78, 5) is 33.4. The number of halogens is 2. The van der Waals surface area contributed by atoms with E-state index < -0.39 is 17.7 Å². The first-order valence-corrected chi connectivity index (χ1v) is 10.3. The Hall–Kier alpha value is -3.68. The van der Waals surface area contributed by atoms with E-state index in [1.807, 2.05) is 0 Å². The lowest BCUT2D eigenvalue weighted by Gasteiger charge is -2.22. The summed E-state index contributed by atoms with van der Waals surface area (Å²) in [5.74, 6) is -1.31. The fraction of sp³-hybridized carbons (Fsp3) is 0.250. The van der Waals surface area contributed by atoms with E-state index in [1.165, 1.54) is 36.4 Å². The van der Waals surface area contributed by atoms with Crippen molar-refractivity contribution in [1.82, 2.24) is 9.97 Å². The van der Waals surface area contributed by atoms with Gasteiger partial charge in [0.1, 0.15) is 5.82 Å². The highest BCUT2D eigenvalue weighted by Gasteiger charge is 2.27. The second-order valence-electron chi connectivity index (χ2n) is 7.85. The Labute approximate surface area is 184 Å². The van der Waals surface area contributed by atoms with E-state index in [1.54, 1.807) is 30.3 Å². The maximum atomic E-state index is 14.8. The first-order chi connectivity index (χ1) is 15.4. The molecule has 4 rings (SSSR count). The van der Waals surface area contributed by atoms with Gasteiger partial charge in [0.05, 0.1) is 29.7 Å². The minimum Gasteiger partial charge on any atom is -0.324 e. The van der Waals surface area contributed by atoms with Crippen LogP contribution in [0, 0.1) is 17.7 Å². The van der Waals surface area contributed by atoms with Crippen LogP contribution in [0.3, 0.4) is 0 Å². The van der Waals surface area contributed by atoms with Crippen LogP contribution in [-0.2, 0) is 16.0 Å². The normalized spacial score (nSPS) is 13.0. The average Bonchev–Trinajstić information content (AvgIpc) is 3.59. The molecule has 2 aromatic heterocycles. The molecule has 2 amide bonds. The number of hydrogen-bond donors (Lipinski definition) is 1. The molecule has 32 heavy (non-hydrogen) atoms. The van der Waals surface area contributed by atoms with Crippen molar-refractivity contribution in [3.63, 3.8) is 0 Å². The van der Waals surface area contributed by atoms with Crippen molar-refractivity contribution in [3.8, 4) is 11.3 Å². The van der Waals surface area contributed by atoms with Gasteiger partial charge in [0.2, 0.25) is 17.8 Å². The number of carbonyl (C=O) groups is 2. The minimum absolute atomic E-state index is 0.151. The molecule has 6 nitrogen and oxygen atoms in total. The van der Waals surface area contributed by atoms with Gasteiger partial charge in [-0.3, -0.25) is 14.6 Å². The summed E-state index contributed by atoms with van der Waals surface area (Å²) < 4.78 is 28.4. The Morgan fingerprint density at radius 1 is 1.12 bits per heavy atom. The summed E-state index contributed by atoms with van der Waals surface area (Å²) in [5.41, 5.74) is 1.97. The first-order valence-electron chi connectivity index (χ1n) is 10.3. The van der Waals surface area contributed by atoms with Crippen LogP contribution in [0.5, 0.6) is 0 Å². The summed E-state index contributed by atoms with van der Waals surface area (Å²) in [6.45, 7) is 1.97. The lowest BCUT2D eigenvalue weighted by molar-refractivity contribution is -0.117. The number of nitrogens with zero attached hydrogens (tertiary/aromatic N) is 3. The number of rotatable bonds is 7. The van der Waals surface area contributed by atoms with Gasteiger partial charge in [-0.1, -0.05) is 12.1 Å². The molecule has 1 aliphatic rings. The molecule has 0 spiro atoms. The van der Waals surface area contributed by atoms with E-state index in [4.69, 9.17) is 0 Å². The highest BCUT2D eigenvalue weighted by Crippen LogP contribution is 2.33. The third kappa shape index (κ3) is 5.14. The van der Waals surface area contributed by atoms with E-state index in [2.05, 4.69) is 15.3 Å². The summed E-state index contributed by atoms with van der Waals surface area (Å²) in [6, 6.07) is 11.0. The molecule has 0 atom stereocenters. The zero-order valence-electron chi connectivity index (χ0n) is 17.5. The number of amides is 2. The summed E-state index contributed by atoms with van der Waals surface area (Å²) >= 11 is 0. The van der Waals surface area contributed by atoms with Gasteiger partial charge in [0.15, 0.2) is 0 Å². The van der Waals surface area contributed by atoms with Crippen LogP contribution in [0.2, 0.25) is 0 Å². The minimum atomic E-state index is -0.679. The van der Waals surface area contributed by atoms with Crippen molar-refractivity contribution in [2.45, 2.75) is 26.2 Å². The Balaban J connectivity index is 1.44. The number of benzene rings is 1. The molecule has 8 heteroatoms. The van der Waals surface area contributed by atoms with Crippen LogP contribution < -0.4 is 10.2 Å². The maximum absolute atomic E-state index is 14.8. The van der Waals surface area contributed by atoms with E-state index in [9.17, 15) is 18.4 Å². The molecule has 1 aromatic carbocycles. The van der Waals surface area contributed by atoms with Crippen LogP contribution in [0.1, 0.15) is 25.3 Å². The van der Waals surface area contributed by atoms with Gasteiger partial charge >= 0.3 is 0 Å². The Morgan fingerprint density at radius 2 is 1.94 bits per heavy atom. The number of carbonyl (C=O) groups excluding carboxylic acids is 2. The SMILES string of the molecule is CC(=O)N(CC1CC1)c1ccc(-c2ccc(NC(=O)Cc3cccnc3F)cn2)cc1F. The molecule has 3 aromatic rings. The molecule has 2 heterocycles. The highest BCUT2D eigenvalue weighted by atomic mass is 19.1. The molecule has 0 saturated heterocycles. The molecular weight excluding hydrogens is 414 g/mol. The molecule has 0 bridgehead atoms. The van der Waals surface area contributed by atoms with Crippen LogP contribution in [0.15, 0.2) is 54.9 Å². The van der Waals surface area contributed by atoms with Crippen LogP contribution in [0.4, 0.5) is 20.2 Å². The molecular formula is C24H22F2N4O2. The largest absolute Gasteiger partial charge is 0.324 e. The van der Waals surface area contributed by atoms with Gasteiger partial charge in [-0.2, -0.15) is 4.39 Å². The van der Waals surface area contributed by atoms with Crippen molar-refractivity contribution < 1.29 is 18.4 Å². The van der Waals surface area contributed by atoms with E-state index in [-0.39, 0.29) is 23.6 Å². The molecule has 1 fully saturated rings. The quantitative estimate of drug-likeness (QED) is 0.559. The zero-order valence-corrected chi connectivity index (χ0v) is 17.5. The Kier molecular flexibility index (Phi) is 6.20. The topological polar surface area (TPSA) is 75.2 Å². The van der Waals surface area contributed by atoms with Gasteiger partial charge in [0, 0.05) is 30.8 Å². The van der Waals surface area contributed by atoms with Gasteiger partial charge in [-0.15, -0.1) is 0 Å². The number of hydrogen-bond acceptors (Lipinski definition) is 4. The van der Waals surface area contributed by atoms with Gasteiger partial charge in [-0.25, -0.2) is 9.37 Å². The summed E-state index contributed by atoms with van der Waals surface area (Å²) in [7, 11) is 0. The molecule has 0 radical (unpaired) electrons. The summed E-state index contributed by atoms with van der Waals surface area (Å²) in [6.07, 6.45) is 4.75. The maximum Gasteiger partial charge on any atom is 0.229 e. The van der Waals surface area contributed by atoms with Gasteiger partial charge < -0.3 is 10.2 Å². The first kappa shape index (κ1) is 21.5. The Morgan fingerprint density at radius 3 is 2.56 bits per heavy atom. The van der Waals surface area contributed by atoms with Crippen LogP contribution in [0.25, 0.3) is 11.3 Å². The number of aromatic nitrogens is 2. The predicted molar refractivity (Wildman–Crippen MR) is 117 cm³/mol. The van der Waals surface area contributed by atoms with Crippen LogP contribution in [-0.4, -0.2) is 28.3 Å². The second kappa shape index (κ2) is 9.21. The fourth-order valence-corrected chi connectivity index (χ4v) is 3.41. The zero-order chi connectivity index (χ0) is 22.7. The molecule has 1 N–H and O–H groups in total.